The van der Waals surface area contributed by atoms with E-state index < -0.39 is 60.2 Å². The number of aliphatic hydroxyl groups is 1. The molecule has 0 saturated carbocycles. The molecule has 13 nitrogen and oxygen atoms in total. The first kappa shape index (κ1) is 37.6. The van der Waals surface area contributed by atoms with E-state index in [1.54, 1.807) is 32.1 Å². The number of nitrogens with two attached hydrogens (primary N) is 1. The molecule has 0 radical (unpaired) electrons. The molecule has 250 valence electrons. The summed E-state index contributed by atoms with van der Waals surface area (Å²) in [7, 11) is 5.81. The first-order valence-corrected chi connectivity index (χ1v) is 14.7. The van der Waals surface area contributed by atoms with Gasteiger partial charge in [-0.1, -0.05) is 38.2 Å². The van der Waals surface area contributed by atoms with Gasteiger partial charge in [0.15, 0.2) is 12.4 Å². The lowest BCUT2D eigenvalue weighted by Crippen LogP contribution is -2.39. The summed E-state index contributed by atoms with van der Waals surface area (Å²) in [5, 5.41) is 16.8. The average molecular weight is 634 g/mol. The van der Waals surface area contributed by atoms with Gasteiger partial charge in [0.05, 0.1) is 30.1 Å². The molecule has 0 aromatic carbocycles. The fraction of sp³-hybridized carbons (Fsp3) is 0.562. The van der Waals surface area contributed by atoms with Gasteiger partial charge in [0.25, 0.3) is 5.91 Å². The second kappa shape index (κ2) is 17.8. The van der Waals surface area contributed by atoms with Crippen molar-refractivity contribution < 1.29 is 48.0 Å². The standard InChI is InChI=1S/C32H47N3O10/c1-17-12-21-27(34-16-26(43-7)44-8)23(36)15-22(29(21)38)35-31(39)18(2)10-9-11-24(41-5)30(45-32(33)40)20(4)14-19(3)28(37)25(13-17)42-6/h9-11,14-15,17,19,24-26,28,30,34,37H,12-13,16H2,1-8H3,(H2,33,40)(H,35,39)/b11-9+,18-10-,20-14+/t17-,19+,24+,25+,28-,30+/m1/s1. The van der Waals surface area contributed by atoms with Crippen molar-refractivity contribution in [1.82, 2.24) is 10.6 Å². The number of carbonyl (C=O) groups excluding carboxylic acids is 4. The number of ether oxygens (including phenoxy) is 5. The molecule has 2 rings (SSSR count). The lowest BCUT2D eigenvalue weighted by molar-refractivity contribution is -0.120. The van der Waals surface area contributed by atoms with Crippen LogP contribution in [0, 0.1) is 11.8 Å². The number of primary amides is 1. The summed E-state index contributed by atoms with van der Waals surface area (Å²) in [4.78, 5) is 51.8. The quantitative estimate of drug-likeness (QED) is 0.174. The van der Waals surface area contributed by atoms with Gasteiger partial charge in [-0.3, -0.25) is 14.4 Å². The highest BCUT2D eigenvalue weighted by Gasteiger charge is 2.33. The Morgan fingerprint density at radius 1 is 1.11 bits per heavy atom. The number of hydrogen-bond donors (Lipinski definition) is 4. The van der Waals surface area contributed by atoms with Gasteiger partial charge < -0.3 is 45.2 Å². The fourth-order valence-corrected chi connectivity index (χ4v) is 5.23. The molecule has 1 aliphatic carbocycles. The molecule has 0 saturated heterocycles. The zero-order chi connectivity index (χ0) is 33.8. The Kier molecular flexibility index (Phi) is 14.8. The van der Waals surface area contributed by atoms with Crippen molar-refractivity contribution in [2.45, 2.75) is 71.2 Å². The monoisotopic (exact) mass is 633 g/mol. The highest BCUT2D eigenvalue weighted by atomic mass is 16.7. The van der Waals surface area contributed by atoms with Gasteiger partial charge in [0, 0.05) is 51.6 Å². The van der Waals surface area contributed by atoms with E-state index in [0.717, 1.165) is 6.08 Å². The van der Waals surface area contributed by atoms with Crippen LogP contribution in [0.2, 0.25) is 0 Å². The van der Waals surface area contributed by atoms with Crippen molar-refractivity contribution in [1.29, 1.82) is 0 Å². The minimum atomic E-state index is -1.01. The highest BCUT2D eigenvalue weighted by Crippen LogP contribution is 2.29. The van der Waals surface area contributed by atoms with Gasteiger partial charge in [-0.15, -0.1) is 0 Å². The maximum atomic E-state index is 13.7. The number of hydrogen-bond acceptors (Lipinski definition) is 11. The van der Waals surface area contributed by atoms with E-state index in [2.05, 4.69) is 10.6 Å². The lowest BCUT2D eigenvalue weighted by Gasteiger charge is -2.30. The maximum absolute atomic E-state index is 13.7. The smallest absolute Gasteiger partial charge is 0.405 e. The van der Waals surface area contributed by atoms with Crippen LogP contribution < -0.4 is 16.4 Å². The molecule has 13 heteroatoms. The predicted molar refractivity (Wildman–Crippen MR) is 165 cm³/mol. The van der Waals surface area contributed by atoms with E-state index >= 15 is 0 Å². The molecule has 0 unspecified atom stereocenters. The Balaban J connectivity index is 2.62. The van der Waals surface area contributed by atoms with Crippen molar-refractivity contribution in [3.8, 4) is 0 Å². The molecule has 2 amide bonds. The predicted octanol–water partition coefficient (Wildman–Crippen LogP) is 1.97. The van der Waals surface area contributed by atoms with Crippen LogP contribution in [-0.2, 0) is 38.1 Å². The van der Waals surface area contributed by atoms with E-state index in [1.165, 1.54) is 41.4 Å². The van der Waals surface area contributed by atoms with Crippen LogP contribution in [-0.4, -0.2) is 94.4 Å². The summed E-state index contributed by atoms with van der Waals surface area (Å²) in [5.41, 5.74) is 6.25. The zero-order valence-corrected chi connectivity index (χ0v) is 27.2. The van der Waals surface area contributed by atoms with Crippen molar-refractivity contribution in [2.75, 3.05) is 35.0 Å². The second-order valence-electron chi connectivity index (χ2n) is 11.2. The third-order valence-electron chi connectivity index (χ3n) is 7.76. The number of allylic oxidation sites excluding steroid dienone is 4. The Hall–Kier alpha value is -3.62. The van der Waals surface area contributed by atoms with Gasteiger partial charge in [0.1, 0.15) is 6.10 Å². The van der Waals surface area contributed by atoms with Crippen LogP contribution in [0.15, 0.2) is 58.5 Å². The normalized spacial score (nSPS) is 30.5. The number of methoxy groups -OCH3 is 4. The van der Waals surface area contributed by atoms with Crippen molar-refractivity contribution in [3.63, 3.8) is 0 Å². The van der Waals surface area contributed by atoms with Gasteiger partial charge in [0.2, 0.25) is 11.6 Å². The number of ketones is 2. The van der Waals surface area contributed by atoms with E-state index in [9.17, 15) is 24.3 Å². The number of amides is 2. The molecule has 0 aromatic heterocycles. The van der Waals surface area contributed by atoms with Crippen LogP contribution in [0.3, 0.4) is 0 Å². The van der Waals surface area contributed by atoms with E-state index in [4.69, 9.17) is 29.4 Å². The van der Waals surface area contributed by atoms with Gasteiger partial charge in [-0.25, -0.2) is 4.79 Å². The summed E-state index contributed by atoms with van der Waals surface area (Å²) < 4.78 is 27.0. The molecular formula is C32H47N3O10. The minimum Gasteiger partial charge on any atom is -0.439 e. The summed E-state index contributed by atoms with van der Waals surface area (Å²) >= 11 is 0. The highest BCUT2D eigenvalue weighted by molar-refractivity contribution is 6.23. The number of rotatable bonds is 8. The second-order valence-corrected chi connectivity index (χ2v) is 11.2. The molecule has 5 N–H and O–H groups in total. The Morgan fingerprint density at radius 2 is 1.78 bits per heavy atom. The van der Waals surface area contributed by atoms with Gasteiger partial charge >= 0.3 is 6.09 Å². The maximum Gasteiger partial charge on any atom is 0.405 e. The van der Waals surface area contributed by atoms with Gasteiger partial charge in [-0.05, 0) is 38.2 Å². The Labute approximate surface area is 264 Å². The average Bonchev–Trinajstić information content (AvgIpc) is 2.99. The Morgan fingerprint density at radius 3 is 2.36 bits per heavy atom. The molecule has 1 heterocycles. The van der Waals surface area contributed by atoms with Crippen molar-refractivity contribution in [3.05, 3.63) is 58.5 Å². The van der Waals surface area contributed by atoms with Crippen LogP contribution in [0.5, 0.6) is 0 Å². The van der Waals surface area contributed by atoms with E-state index in [1.807, 2.05) is 6.92 Å². The molecule has 6 atom stereocenters. The summed E-state index contributed by atoms with van der Waals surface area (Å²) in [5.74, 6) is -2.32. The summed E-state index contributed by atoms with van der Waals surface area (Å²) in [6, 6.07) is 0. The molecular weight excluding hydrogens is 586 g/mol. The number of nitrogens with one attached hydrogen (secondary N) is 2. The molecule has 2 bridgehead atoms. The first-order chi connectivity index (χ1) is 21.3. The molecule has 1 aliphatic heterocycles. The van der Waals surface area contributed by atoms with Crippen molar-refractivity contribution in [2.24, 2.45) is 17.6 Å². The van der Waals surface area contributed by atoms with Crippen LogP contribution in [0.4, 0.5) is 4.79 Å². The molecule has 0 fully saturated rings. The van der Waals surface area contributed by atoms with Crippen LogP contribution >= 0.6 is 0 Å². The third kappa shape index (κ3) is 10.5. The number of fused-ring (bicyclic) bond motifs is 2. The third-order valence-corrected chi connectivity index (χ3v) is 7.76. The van der Waals surface area contributed by atoms with E-state index in [-0.39, 0.29) is 41.4 Å². The molecule has 2 aliphatic rings. The molecule has 45 heavy (non-hydrogen) atoms. The first-order valence-electron chi connectivity index (χ1n) is 14.7. The zero-order valence-electron chi connectivity index (χ0n) is 27.2. The summed E-state index contributed by atoms with van der Waals surface area (Å²) in [6.45, 7) is 7.03. The molecule has 0 spiro atoms. The van der Waals surface area contributed by atoms with Crippen LogP contribution in [0.1, 0.15) is 40.5 Å². The number of carbonyl (C=O) groups is 4. The van der Waals surface area contributed by atoms with Crippen LogP contribution in [0.25, 0.3) is 0 Å². The fourth-order valence-electron chi connectivity index (χ4n) is 5.23. The number of aliphatic hydroxyl groups excluding tert-OH is 1. The summed E-state index contributed by atoms with van der Waals surface area (Å²) in [6.07, 6.45) is 2.87. The van der Waals surface area contributed by atoms with Gasteiger partial charge in [-0.2, -0.15) is 0 Å². The van der Waals surface area contributed by atoms with Crippen molar-refractivity contribution >= 4 is 23.6 Å². The molecule has 0 aromatic rings. The lowest BCUT2D eigenvalue weighted by atomic mass is 9.85. The SMILES string of the molecule is COC(CNC1=C2C[C@@H](C)C[C@H](OC)[C@H](O)[C@@H](C)/C=C(\C)[C@H](OC(N)=O)[C@@H](OC)/C=C/C=C(/C)C(=O)NC(=CC1=O)C2=O)OC. The minimum absolute atomic E-state index is 0.0811. The van der Waals surface area contributed by atoms with E-state index in [0.29, 0.717) is 12.0 Å². The number of Topliss-reactive ketones (excluding diaryl/α,β-unsaturated/α-hetero) is 1. The Bertz CT molecular complexity index is 1250. The largest absolute Gasteiger partial charge is 0.439 e. The topological polar surface area (TPSA) is 185 Å².